The van der Waals surface area contributed by atoms with Gasteiger partial charge in [-0.3, -0.25) is 0 Å². The Balaban J connectivity index is 1.92. The molecular formula is C14H19N3OS. The highest BCUT2D eigenvalue weighted by Crippen LogP contribution is 2.35. The zero-order valence-electron chi connectivity index (χ0n) is 11.1. The minimum Gasteiger partial charge on any atom is -0.381 e. The lowest BCUT2D eigenvalue weighted by atomic mass is 9.99. The quantitative estimate of drug-likeness (QED) is 0.935. The SMILES string of the molecule is COC1CCN(c2snc3ccccc23)C(CN)C1. The van der Waals surface area contributed by atoms with Gasteiger partial charge < -0.3 is 15.4 Å². The minimum atomic E-state index is 0.337. The molecule has 102 valence electrons. The van der Waals surface area contributed by atoms with Gasteiger partial charge in [-0.15, -0.1) is 0 Å². The lowest BCUT2D eigenvalue weighted by Gasteiger charge is -2.39. The molecule has 1 aliphatic rings. The molecule has 0 aliphatic carbocycles. The summed E-state index contributed by atoms with van der Waals surface area (Å²) < 4.78 is 10.0. The molecule has 2 unspecified atom stereocenters. The van der Waals surface area contributed by atoms with Gasteiger partial charge in [0.2, 0.25) is 0 Å². The molecule has 2 N–H and O–H groups in total. The van der Waals surface area contributed by atoms with Crippen molar-refractivity contribution in [2.75, 3.05) is 25.1 Å². The second-order valence-electron chi connectivity index (χ2n) is 4.97. The highest BCUT2D eigenvalue weighted by atomic mass is 32.1. The highest BCUT2D eigenvalue weighted by molar-refractivity contribution is 7.11. The number of methoxy groups -OCH3 is 1. The van der Waals surface area contributed by atoms with Gasteiger partial charge in [-0.05, 0) is 36.5 Å². The molecule has 19 heavy (non-hydrogen) atoms. The molecule has 0 radical (unpaired) electrons. The van der Waals surface area contributed by atoms with Gasteiger partial charge in [-0.25, -0.2) is 0 Å². The lowest BCUT2D eigenvalue weighted by Crippen LogP contribution is -2.48. The second kappa shape index (κ2) is 5.45. The van der Waals surface area contributed by atoms with Crippen LogP contribution in [0.5, 0.6) is 0 Å². The van der Waals surface area contributed by atoms with Crippen molar-refractivity contribution in [1.82, 2.24) is 4.37 Å². The molecule has 5 heteroatoms. The number of benzene rings is 1. The van der Waals surface area contributed by atoms with Crippen LogP contribution in [0.25, 0.3) is 10.9 Å². The van der Waals surface area contributed by atoms with Crippen molar-refractivity contribution in [3.8, 4) is 0 Å². The van der Waals surface area contributed by atoms with Gasteiger partial charge in [0.05, 0.1) is 11.6 Å². The first-order valence-electron chi connectivity index (χ1n) is 6.67. The normalized spacial score (nSPS) is 24.0. The van der Waals surface area contributed by atoms with Crippen molar-refractivity contribution in [2.24, 2.45) is 5.73 Å². The van der Waals surface area contributed by atoms with Crippen LogP contribution in [0.15, 0.2) is 24.3 Å². The Morgan fingerprint density at radius 3 is 3.11 bits per heavy atom. The molecule has 2 aromatic rings. The fraction of sp³-hybridized carbons (Fsp3) is 0.500. The number of anilines is 1. The van der Waals surface area contributed by atoms with Crippen molar-refractivity contribution in [3.63, 3.8) is 0 Å². The Bertz CT molecular complexity index is 556. The fourth-order valence-corrected chi connectivity index (χ4v) is 3.76. The van der Waals surface area contributed by atoms with Gasteiger partial charge in [0.15, 0.2) is 0 Å². The number of hydrogen-bond donors (Lipinski definition) is 1. The Labute approximate surface area is 117 Å². The molecule has 0 bridgehead atoms. The maximum Gasteiger partial charge on any atom is 0.120 e. The standard InChI is InChI=1S/C14H19N3OS/c1-18-11-6-7-17(10(8-11)9-15)14-12-4-2-3-5-13(12)16-19-14/h2-5,10-11H,6-9,15H2,1H3. The largest absolute Gasteiger partial charge is 0.381 e. The van der Waals surface area contributed by atoms with Gasteiger partial charge in [-0.1, -0.05) is 12.1 Å². The van der Waals surface area contributed by atoms with Gasteiger partial charge in [0, 0.05) is 31.6 Å². The van der Waals surface area contributed by atoms with Crippen LogP contribution in [0.3, 0.4) is 0 Å². The van der Waals surface area contributed by atoms with Crippen LogP contribution in [0.4, 0.5) is 5.00 Å². The Hall–Kier alpha value is -1.17. The van der Waals surface area contributed by atoms with Crippen molar-refractivity contribution in [3.05, 3.63) is 24.3 Å². The van der Waals surface area contributed by atoms with Crippen LogP contribution < -0.4 is 10.6 Å². The van der Waals surface area contributed by atoms with E-state index in [0.29, 0.717) is 18.7 Å². The Kier molecular flexibility index (Phi) is 3.68. The summed E-state index contributed by atoms with van der Waals surface area (Å²) in [6.07, 6.45) is 2.39. The topological polar surface area (TPSA) is 51.4 Å². The van der Waals surface area contributed by atoms with Crippen LogP contribution in [0, 0.1) is 0 Å². The first kappa shape index (κ1) is 12.8. The lowest BCUT2D eigenvalue weighted by molar-refractivity contribution is 0.0711. The number of aromatic nitrogens is 1. The summed E-state index contributed by atoms with van der Waals surface area (Å²) in [4.78, 5) is 2.41. The van der Waals surface area contributed by atoms with E-state index >= 15 is 0 Å². The molecule has 0 saturated carbocycles. The molecule has 0 amide bonds. The molecule has 2 heterocycles. The zero-order chi connectivity index (χ0) is 13.2. The molecule has 1 aromatic heterocycles. The van der Waals surface area contributed by atoms with E-state index in [1.165, 1.54) is 10.4 Å². The van der Waals surface area contributed by atoms with Gasteiger partial charge in [0.25, 0.3) is 0 Å². The minimum absolute atomic E-state index is 0.337. The smallest absolute Gasteiger partial charge is 0.120 e. The van der Waals surface area contributed by atoms with Gasteiger partial charge in [0.1, 0.15) is 5.00 Å². The Morgan fingerprint density at radius 1 is 1.47 bits per heavy atom. The fourth-order valence-electron chi connectivity index (χ4n) is 2.80. The molecule has 1 aromatic carbocycles. The van der Waals surface area contributed by atoms with Crippen LogP contribution in [0.1, 0.15) is 12.8 Å². The van der Waals surface area contributed by atoms with Crippen molar-refractivity contribution in [2.45, 2.75) is 25.0 Å². The number of ether oxygens (including phenoxy) is 1. The van der Waals surface area contributed by atoms with Crippen LogP contribution in [-0.4, -0.2) is 36.7 Å². The summed E-state index contributed by atoms with van der Waals surface area (Å²) in [7, 11) is 1.79. The molecule has 2 atom stereocenters. The average Bonchev–Trinajstić information content (AvgIpc) is 2.90. The monoisotopic (exact) mass is 277 g/mol. The first-order chi connectivity index (χ1) is 9.33. The second-order valence-corrected chi connectivity index (χ2v) is 5.72. The summed E-state index contributed by atoms with van der Waals surface area (Å²) in [6.45, 7) is 1.65. The molecule has 0 spiro atoms. The zero-order valence-corrected chi connectivity index (χ0v) is 11.9. The predicted octanol–water partition coefficient (Wildman–Crippen LogP) is 2.24. The van der Waals surface area contributed by atoms with Gasteiger partial charge in [-0.2, -0.15) is 4.37 Å². The van der Waals surface area contributed by atoms with Crippen LogP contribution in [0.2, 0.25) is 0 Å². The summed E-state index contributed by atoms with van der Waals surface area (Å²) in [6, 6.07) is 8.66. The third-order valence-electron chi connectivity index (χ3n) is 3.90. The molecule has 1 fully saturated rings. The third-order valence-corrected chi connectivity index (χ3v) is 4.81. The number of rotatable bonds is 3. The van der Waals surface area contributed by atoms with Crippen molar-refractivity contribution >= 4 is 27.4 Å². The number of nitrogens with two attached hydrogens (primary N) is 1. The van der Waals surface area contributed by atoms with E-state index in [4.69, 9.17) is 10.5 Å². The maximum atomic E-state index is 5.95. The average molecular weight is 277 g/mol. The summed E-state index contributed by atoms with van der Waals surface area (Å²) in [5, 5.41) is 2.49. The molecule has 4 nitrogen and oxygen atoms in total. The molecule has 3 rings (SSSR count). The van der Waals surface area contributed by atoms with Crippen LogP contribution in [-0.2, 0) is 4.74 Å². The highest BCUT2D eigenvalue weighted by Gasteiger charge is 2.29. The maximum absolute atomic E-state index is 5.95. The van der Waals surface area contributed by atoms with E-state index in [9.17, 15) is 0 Å². The number of fused-ring (bicyclic) bond motifs is 1. The van der Waals surface area contributed by atoms with E-state index in [2.05, 4.69) is 27.5 Å². The molecule has 1 aliphatic heterocycles. The summed E-state index contributed by atoms with van der Waals surface area (Å²) in [5.41, 5.74) is 7.02. The van der Waals surface area contributed by atoms with Crippen molar-refractivity contribution < 1.29 is 4.74 Å². The summed E-state index contributed by atoms with van der Waals surface area (Å²) >= 11 is 1.58. The van der Waals surface area contributed by atoms with Gasteiger partial charge >= 0.3 is 0 Å². The summed E-state index contributed by atoms with van der Waals surface area (Å²) in [5.74, 6) is 0. The van der Waals surface area contributed by atoms with E-state index in [-0.39, 0.29) is 0 Å². The number of hydrogen-bond acceptors (Lipinski definition) is 5. The van der Waals surface area contributed by atoms with E-state index in [1.807, 2.05) is 6.07 Å². The van der Waals surface area contributed by atoms with E-state index < -0.39 is 0 Å². The van der Waals surface area contributed by atoms with Crippen LogP contribution >= 0.6 is 11.5 Å². The Morgan fingerprint density at radius 2 is 2.32 bits per heavy atom. The predicted molar refractivity (Wildman–Crippen MR) is 79.8 cm³/mol. The molecular weight excluding hydrogens is 258 g/mol. The number of piperidine rings is 1. The van der Waals surface area contributed by atoms with E-state index in [1.54, 1.807) is 18.6 Å². The number of nitrogens with zero attached hydrogens (tertiary/aromatic N) is 2. The van der Waals surface area contributed by atoms with E-state index in [0.717, 1.165) is 24.9 Å². The van der Waals surface area contributed by atoms with Crippen molar-refractivity contribution in [1.29, 1.82) is 0 Å². The molecule has 1 saturated heterocycles. The first-order valence-corrected chi connectivity index (χ1v) is 7.44. The third kappa shape index (κ3) is 2.33.